The van der Waals surface area contributed by atoms with Gasteiger partial charge >= 0.3 is 12.1 Å². The molecular formula is C17H20O4. The quantitative estimate of drug-likeness (QED) is 0.583. The van der Waals surface area contributed by atoms with Gasteiger partial charge in [-0.25, -0.2) is 9.59 Å². The number of carbonyl (C=O) groups excluding carboxylic acids is 2. The van der Waals surface area contributed by atoms with Gasteiger partial charge < -0.3 is 9.47 Å². The number of hydrogen-bond donors (Lipinski definition) is 0. The van der Waals surface area contributed by atoms with Crippen molar-refractivity contribution in [1.29, 1.82) is 0 Å². The number of cyclic esters (lactones) is 3. The Morgan fingerprint density at radius 2 is 1.62 bits per heavy atom. The van der Waals surface area contributed by atoms with Gasteiger partial charge in [-0.3, -0.25) is 0 Å². The third-order valence-corrected chi connectivity index (χ3v) is 4.79. The van der Waals surface area contributed by atoms with Crippen LogP contribution >= 0.6 is 0 Å². The van der Waals surface area contributed by atoms with Gasteiger partial charge in [0.2, 0.25) is 6.10 Å². The van der Waals surface area contributed by atoms with Gasteiger partial charge in [0.05, 0.1) is 0 Å². The van der Waals surface area contributed by atoms with Gasteiger partial charge in [0, 0.05) is 5.56 Å². The molecule has 1 aromatic carbocycles. The van der Waals surface area contributed by atoms with Crippen molar-refractivity contribution >= 4 is 12.1 Å². The van der Waals surface area contributed by atoms with Crippen LogP contribution in [0.25, 0.3) is 0 Å². The van der Waals surface area contributed by atoms with E-state index in [-0.39, 0.29) is 10.8 Å². The fourth-order valence-electron chi connectivity index (χ4n) is 3.28. The van der Waals surface area contributed by atoms with Crippen LogP contribution in [-0.2, 0) is 25.1 Å². The van der Waals surface area contributed by atoms with Crippen LogP contribution in [0.3, 0.4) is 0 Å². The number of carbonyl (C=O) groups is 2. The van der Waals surface area contributed by atoms with Gasteiger partial charge in [-0.05, 0) is 34.8 Å². The van der Waals surface area contributed by atoms with Crippen molar-refractivity contribution in [2.24, 2.45) is 0 Å². The average molecular weight is 288 g/mol. The van der Waals surface area contributed by atoms with Crippen molar-refractivity contribution in [2.45, 2.75) is 57.5 Å². The van der Waals surface area contributed by atoms with Crippen molar-refractivity contribution < 1.29 is 19.1 Å². The summed E-state index contributed by atoms with van der Waals surface area (Å²) >= 11 is 0. The largest absolute Gasteiger partial charge is 0.517 e. The molecule has 21 heavy (non-hydrogen) atoms. The molecule has 1 aromatic rings. The lowest BCUT2D eigenvalue weighted by atomic mass is 9.63. The van der Waals surface area contributed by atoms with Crippen molar-refractivity contribution in [1.82, 2.24) is 0 Å². The molecule has 1 aliphatic heterocycles. The highest BCUT2D eigenvalue weighted by Gasteiger charge is 2.40. The van der Waals surface area contributed by atoms with Crippen LogP contribution < -0.4 is 0 Å². The lowest BCUT2D eigenvalue weighted by Gasteiger charge is -2.42. The number of hydrogen-bond acceptors (Lipinski definition) is 4. The summed E-state index contributed by atoms with van der Waals surface area (Å²) in [4.78, 5) is 22.8. The summed E-state index contributed by atoms with van der Waals surface area (Å²) < 4.78 is 9.43. The van der Waals surface area contributed by atoms with Crippen molar-refractivity contribution in [3.63, 3.8) is 0 Å². The van der Waals surface area contributed by atoms with E-state index in [4.69, 9.17) is 4.74 Å². The first-order valence-electron chi connectivity index (χ1n) is 7.28. The molecule has 0 aromatic heterocycles. The third-order valence-electron chi connectivity index (χ3n) is 4.79. The summed E-state index contributed by atoms with van der Waals surface area (Å²) in [5.74, 6) is -0.632. The van der Waals surface area contributed by atoms with Crippen LogP contribution in [0, 0.1) is 0 Å². The molecule has 1 saturated heterocycles. The van der Waals surface area contributed by atoms with Gasteiger partial charge in [-0.1, -0.05) is 45.9 Å². The van der Waals surface area contributed by atoms with E-state index in [9.17, 15) is 9.59 Å². The van der Waals surface area contributed by atoms with Crippen LogP contribution in [0.1, 0.15) is 63.3 Å². The molecule has 1 aliphatic carbocycles. The van der Waals surface area contributed by atoms with Gasteiger partial charge in [0.1, 0.15) is 0 Å². The Morgan fingerprint density at radius 3 is 2.19 bits per heavy atom. The summed E-state index contributed by atoms with van der Waals surface area (Å²) in [5.41, 5.74) is 3.39. The first kappa shape index (κ1) is 14.1. The highest BCUT2D eigenvalue weighted by Crippen LogP contribution is 2.46. The molecule has 0 amide bonds. The fourth-order valence-corrected chi connectivity index (χ4v) is 3.28. The first-order valence-corrected chi connectivity index (χ1v) is 7.28. The molecule has 0 radical (unpaired) electrons. The zero-order valence-corrected chi connectivity index (χ0v) is 12.9. The van der Waals surface area contributed by atoms with E-state index < -0.39 is 18.2 Å². The van der Waals surface area contributed by atoms with E-state index in [2.05, 4.69) is 38.5 Å². The van der Waals surface area contributed by atoms with E-state index in [1.807, 2.05) is 12.1 Å². The molecule has 2 aliphatic rings. The van der Waals surface area contributed by atoms with E-state index >= 15 is 0 Å². The maximum Gasteiger partial charge on any atom is 0.517 e. The second kappa shape index (κ2) is 4.33. The molecule has 0 saturated carbocycles. The SMILES string of the molecule is CC1(C)CCC(C)(C)c2cc(C3OC(=O)OC3=O)ccc21. The van der Waals surface area contributed by atoms with Gasteiger partial charge in [-0.15, -0.1) is 0 Å². The molecule has 1 atom stereocenters. The fraction of sp³-hybridized carbons (Fsp3) is 0.529. The minimum atomic E-state index is -0.927. The van der Waals surface area contributed by atoms with Crippen LogP contribution in [0.5, 0.6) is 0 Å². The minimum Gasteiger partial charge on any atom is -0.414 e. The molecule has 0 bridgehead atoms. The highest BCUT2D eigenvalue weighted by atomic mass is 16.8. The van der Waals surface area contributed by atoms with Crippen LogP contribution in [0.4, 0.5) is 4.79 Å². The Labute approximate surface area is 124 Å². The predicted octanol–water partition coefficient (Wildman–Crippen LogP) is 3.77. The lowest BCUT2D eigenvalue weighted by molar-refractivity contribution is -0.136. The van der Waals surface area contributed by atoms with Crippen molar-refractivity contribution in [3.05, 3.63) is 34.9 Å². The minimum absolute atomic E-state index is 0.0490. The van der Waals surface area contributed by atoms with E-state index in [0.29, 0.717) is 5.56 Å². The molecule has 0 spiro atoms. The number of benzene rings is 1. The summed E-state index contributed by atoms with van der Waals surface area (Å²) in [5, 5.41) is 0. The molecule has 1 unspecified atom stereocenters. The number of esters is 1. The number of rotatable bonds is 1. The van der Waals surface area contributed by atoms with E-state index in [1.54, 1.807) is 0 Å². The molecular weight excluding hydrogens is 268 g/mol. The Kier molecular flexibility index (Phi) is 2.91. The van der Waals surface area contributed by atoms with E-state index in [1.165, 1.54) is 11.1 Å². The molecule has 112 valence electrons. The molecule has 3 rings (SSSR count). The summed E-state index contributed by atoms with van der Waals surface area (Å²) in [6, 6.07) is 5.93. The smallest absolute Gasteiger partial charge is 0.414 e. The second-order valence-electron chi connectivity index (χ2n) is 7.24. The van der Waals surface area contributed by atoms with Crippen LogP contribution in [-0.4, -0.2) is 12.1 Å². The Balaban J connectivity index is 2.08. The average Bonchev–Trinajstić information content (AvgIpc) is 2.74. The summed E-state index contributed by atoms with van der Waals surface area (Å²) in [6.45, 7) is 8.91. The van der Waals surface area contributed by atoms with Crippen molar-refractivity contribution in [2.75, 3.05) is 0 Å². The number of ether oxygens (including phenoxy) is 2. The standard InChI is InChI=1S/C17H20O4/c1-16(2)7-8-17(3,4)12-9-10(5-6-11(12)16)13-14(18)21-15(19)20-13/h5-6,9,13H,7-8H2,1-4H3. The second-order valence-corrected chi connectivity index (χ2v) is 7.24. The Hall–Kier alpha value is -1.84. The van der Waals surface area contributed by atoms with Crippen molar-refractivity contribution in [3.8, 4) is 0 Å². The van der Waals surface area contributed by atoms with E-state index in [0.717, 1.165) is 12.8 Å². The molecule has 4 nitrogen and oxygen atoms in total. The van der Waals surface area contributed by atoms with Gasteiger partial charge in [0.15, 0.2) is 0 Å². The zero-order chi connectivity index (χ0) is 15.4. The summed E-state index contributed by atoms with van der Waals surface area (Å²) in [7, 11) is 0. The molecule has 1 fully saturated rings. The predicted molar refractivity (Wildman–Crippen MR) is 77.0 cm³/mol. The first-order chi connectivity index (χ1) is 9.71. The Bertz CT molecular complexity index is 628. The monoisotopic (exact) mass is 288 g/mol. The molecule has 4 heteroatoms. The van der Waals surface area contributed by atoms with Gasteiger partial charge in [-0.2, -0.15) is 0 Å². The molecule has 1 heterocycles. The summed E-state index contributed by atoms with van der Waals surface area (Å²) in [6.07, 6.45) is 0.379. The van der Waals surface area contributed by atoms with Crippen LogP contribution in [0.15, 0.2) is 18.2 Å². The topological polar surface area (TPSA) is 52.6 Å². The van der Waals surface area contributed by atoms with Crippen LogP contribution in [0.2, 0.25) is 0 Å². The Morgan fingerprint density at radius 1 is 1.00 bits per heavy atom. The maximum absolute atomic E-state index is 11.7. The lowest BCUT2D eigenvalue weighted by Crippen LogP contribution is -2.34. The third kappa shape index (κ3) is 2.23. The highest BCUT2D eigenvalue weighted by molar-refractivity contribution is 5.91. The van der Waals surface area contributed by atoms with Gasteiger partial charge in [0.25, 0.3) is 0 Å². The zero-order valence-electron chi connectivity index (χ0n) is 12.9. The normalized spacial score (nSPS) is 26.0. The number of fused-ring (bicyclic) bond motifs is 1. The molecule has 0 N–H and O–H groups in total. The maximum atomic E-state index is 11.7.